The predicted molar refractivity (Wildman–Crippen MR) is 98.4 cm³/mol. The fourth-order valence-corrected chi connectivity index (χ4v) is 3.23. The molecule has 150 valence electrons. The van der Waals surface area contributed by atoms with Crippen molar-refractivity contribution in [2.24, 2.45) is 0 Å². The number of amides is 1. The van der Waals surface area contributed by atoms with Crippen LogP contribution in [0.3, 0.4) is 0 Å². The number of nitrogens with one attached hydrogen (secondary N) is 1. The second-order valence-electron chi connectivity index (χ2n) is 6.59. The number of ether oxygens (including phenoxy) is 1. The SMILES string of the molecule is O=C(NC1CCN(Cc2ccccc2)C1)c1cnc(OCC(F)(F)F)c(Cl)c1. The van der Waals surface area contributed by atoms with Crippen LogP contribution in [0.1, 0.15) is 22.3 Å². The number of halogens is 4. The van der Waals surface area contributed by atoms with Gasteiger partial charge in [-0.25, -0.2) is 4.98 Å². The predicted octanol–water partition coefficient (Wildman–Crippen LogP) is 3.68. The highest BCUT2D eigenvalue weighted by molar-refractivity contribution is 6.32. The van der Waals surface area contributed by atoms with Gasteiger partial charge < -0.3 is 10.1 Å². The molecule has 2 heterocycles. The normalized spacial score (nSPS) is 17.5. The summed E-state index contributed by atoms with van der Waals surface area (Å²) < 4.78 is 41.2. The lowest BCUT2D eigenvalue weighted by molar-refractivity contribution is -0.154. The third-order valence-electron chi connectivity index (χ3n) is 4.30. The average Bonchev–Trinajstić information content (AvgIpc) is 3.07. The fourth-order valence-electron chi connectivity index (χ4n) is 3.01. The van der Waals surface area contributed by atoms with Crippen LogP contribution in [0.5, 0.6) is 5.88 Å². The van der Waals surface area contributed by atoms with Crippen molar-refractivity contribution < 1.29 is 22.7 Å². The van der Waals surface area contributed by atoms with Gasteiger partial charge in [0.25, 0.3) is 5.91 Å². The smallest absolute Gasteiger partial charge is 0.422 e. The molecule has 1 aliphatic heterocycles. The van der Waals surface area contributed by atoms with Crippen molar-refractivity contribution in [3.8, 4) is 5.88 Å². The number of rotatable bonds is 6. The zero-order chi connectivity index (χ0) is 20.1. The van der Waals surface area contributed by atoms with Crippen LogP contribution in [0.25, 0.3) is 0 Å². The molecule has 2 aromatic rings. The van der Waals surface area contributed by atoms with E-state index in [4.69, 9.17) is 11.6 Å². The van der Waals surface area contributed by atoms with E-state index in [0.29, 0.717) is 6.54 Å². The largest absolute Gasteiger partial charge is 0.467 e. The summed E-state index contributed by atoms with van der Waals surface area (Å²) in [6.45, 7) is 0.897. The molecule has 0 radical (unpaired) electrons. The summed E-state index contributed by atoms with van der Waals surface area (Å²) in [5.41, 5.74) is 1.38. The molecule has 1 aromatic carbocycles. The summed E-state index contributed by atoms with van der Waals surface area (Å²) in [5, 5.41) is 2.77. The van der Waals surface area contributed by atoms with E-state index in [1.807, 2.05) is 18.2 Å². The van der Waals surface area contributed by atoms with E-state index in [9.17, 15) is 18.0 Å². The van der Waals surface area contributed by atoms with Crippen LogP contribution in [0.2, 0.25) is 5.02 Å². The van der Waals surface area contributed by atoms with Gasteiger partial charge in [-0.15, -0.1) is 0 Å². The van der Waals surface area contributed by atoms with Crippen molar-refractivity contribution in [2.75, 3.05) is 19.7 Å². The van der Waals surface area contributed by atoms with Crippen LogP contribution < -0.4 is 10.1 Å². The molecule has 1 aliphatic rings. The van der Waals surface area contributed by atoms with Crippen LogP contribution in [0.15, 0.2) is 42.6 Å². The van der Waals surface area contributed by atoms with Crippen molar-refractivity contribution in [1.82, 2.24) is 15.2 Å². The van der Waals surface area contributed by atoms with E-state index >= 15 is 0 Å². The van der Waals surface area contributed by atoms with Crippen LogP contribution in [-0.4, -0.2) is 47.7 Å². The lowest BCUT2D eigenvalue weighted by atomic mass is 10.2. The standard InChI is InChI=1S/C19H19ClF3N3O2/c20-16-8-14(9-24-18(16)28-12-19(21,22)23)17(27)25-15-6-7-26(11-15)10-13-4-2-1-3-5-13/h1-5,8-9,15H,6-7,10-12H2,(H,25,27). The Morgan fingerprint density at radius 3 is 2.75 bits per heavy atom. The number of nitrogens with zero attached hydrogens (tertiary/aromatic N) is 2. The summed E-state index contributed by atoms with van der Waals surface area (Å²) >= 11 is 5.89. The first-order chi connectivity index (χ1) is 13.3. The highest BCUT2D eigenvalue weighted by Gasteiger charge is 2.29. The molecule has 9 heteroatoms. The highest BCUT2D eigenvalue weighted by atomic mass is 35.5. The summed E-state index contributed by atoms with van der Waals surface area (Å²) in [7, 11) is 0. The minimum absolute atomic E-state index is 0.0175. The number of aromatic nitrogens is 1. The van der Waals surface area contributed by atoms with E-state index in [1.54, 1.807) is 0 Å². The summed E-state index contributed by atoms with van der Waals surface area (Å²) in [4.78, 5) is 18.4. The summed E-state index contributed by atoms with van der Waals surface area (Å²) in [5.74, 6) is -0.728. The molecular formula is C19H19ClF3N3O2. The number of alkyl halides is 3. The molecule has 3 rings (SSSR count). The van der Waals surface area contributed by atoms with Gasteiger partial charge in [0.2, 0.25) is 5.88 Å². The van der Waals surface area contributed by atoms with Gasteiger partial charge in [0, 0.05) is 31.9 Å². The Bertz CT molecular complexity index is 818. The molecule has 0 saturated carbocycles. The maximum Gasteiger partial charge on any atom is 0.422 e. The molecule has 1 amide bonds. The molecule has 1 aromatic heterocycles. The minimum Gasteiger partial charge on any atom is -0.467 e. The third-order valence-corrected chi connectivity index (χ3v) is 4.57. The number of likely N-dealkylation sites (tertiary alicyclic amines) is 1. The van der Waals surface area contributed by atoms with Gasteiger partial charge in [-0.3, -0.25) is 9.69 Å². The van der Waals surface area contributed by atoms with Gasteiger partial charge in [-0.1, -0.05) is 41.9 Å². The van der Waals surface area contributed by atoms with Crippen molar-refractivity contribution in [2.45, 2.75) is 25.2 Å². The van der Waals surface area contributed by atoms with Crippen molar-refractivity contribution in [1.29, 1.82) is 0 Å². The van der Waals surface area contributed by atoms with Crippen LogP contribution >= 0.6 is 11.6 Å². The zero-order valence-electron chi connectivity index (χ0n) is 14.9. The Morgan fingerprint density at radius 1 is 1.32 bits per heavy atom. The Labute approximate surface area is 165 Å². The molecule has 0 aliphatic carbocycles. The topological polar surface area (TPSA) is 54.5 Å². The molecule has 1 fully saturated rings. The molecule has 1 atom stereocenters. The highest BCUT2D eigenvalue weighted by Crippen LogP contribution is 2.25. The Morgan fingerprint density at radius 2 is 2.07 bits per heavy atom. The van der Waals surface area contributed by atoms with Crippen molar-refractivity contribution in [3.63, 3.8) is 0 Å². The Balaban J connectivity index is 1.53. The second kappa shape index (κ2) is 8.79. The van der Waals surface area contributed by atoms with Crippen molar-refractivity contribution >= 4 is 17.5 Å². The Hall–Kier alpha value is -2.32. The zero-order valence-corrected chi connectivity index (χ0v) is 15.6. The van der Waals surface area contributed by atoms with E-state index in [-0.39, 0.29) is 28.4 Å². The number of pyridine rings is 1. The maximum absolute atomic E-state index is 12.4. The molecule has 28 heavy (non-hydrogen) atoms. The number of carbonyl (C=O) groups excluding carboxylic acids is 1. The van der Waals surface area contributed by atoms with Crippen LogP contribution in [0.4, 0.5) is 13.2 Å². The van der Waals surface area contributed by atoms with E-state index < -0.39 is 12.8 Å². The molecule has 1 saturated heterocycles. The van der Waals surface area contributed by atoms with E-state index in [2.05, 4.69) is 32.1 Å². The van der Waals surface area contributed by atoms with Gasteiger partial charge in [0.05, 0.1) is 5.56 Å². The van der Waals surface area contributed by atoms with Gasteiger partial charge in [0.15, 0.2) is 6.61 Å². The molecule has 5 nitrogen and oxygen atoms in total. The monoisotopic (exact) mass is 413 g/mol. The van der Waals surface area contributed by atoms with Gasteiger partial charge in [0.1, 0.15) is 5.02 Å². The maximum atomic E-state index is 12.4. The third kappa shape index (κ3) is 5.84. The minimum atomic E-state index is -4.49. The second-order valence-corrected chi connectivity index (χ2v) is 7.00. The van der Waals surface area contributed by atoms with Gasteiger partial charge >= 0.3 is 6.18 Å². The van der Waals surface area contributed by atoms with Crippen LogP contribution in [0, 0.1) is 0 Å². The van der Waals surface area contributed by atoms with Gasteiger partial charge in [-0.05, 0) is 18.1 Å². The molecule has 0 bridgehead atoms. The summed E-state index contributed by atoms with van der Waals surface area (Å²) in [6.07, 6.45) is -2.52. The molecule has 0 spiro atoms. The average molecular weight is 414 g/mol. The van der Waals surface area contributed by atoms with Crippen LogP contribution in [-0.2, 0) is 6.54 Å². The van der Waals surface area contributed by atoms with Crippen molar-refractivity contribution in [3.05, 3.63) is 58.7 Å². The molecular weight excluding hydrogens is 395 g/mol. The fraction of sp³-hybridized carbons (Fsp3) is 0.368. The quantitative estimate of drug-likeness (QED) is 0.785. The van der Waals surface area contributed by atoms with E-state index in [1.165, 1.54) is 11.6 Å². The molecule has 1 unspecified atom stereocenters. The first kappa shape index (κ1) is 20.4. The molecule has 1 N–H and O–H groups in total. The van der Waals surface area contributed by atoms with Gasteiger partial charge in [-0.2, -0.15) is 13.2 Å². The van der Waals surface area contributed by atoms with E-state index in [0.717, 1.165) is 25.7 Å². The Kier molecular flexibility index (Phi) is 6.41. The number of hydrogen-bond acceptors (Lipinski definition) is 4. The lowest BCUT2D eigenvalue weighted by Gasteiger charge is -2.17. The number of carbonyl (C=O) groups is 1. The first-order valence-corrected chi connectivity index (χ1v) is 9.10. The first-order valence-electron chi connectivity index (χ1n) is 8.72. The number of benzene rings is 1. The number of hydrogen-bond donors (Lipinski definition) is 1. The summed E-state index contributed by atoms with van der Waals surface area (Å²) in [6, 6.07) is 11.3. The lowest BCUT2D eigenvalue weighted by Crippen LogP contribution is -2.37.